The smallest absolute Gasteiger partial charge is 0.318 e. The number of aliphatic imine (C=N–C) groups is 1. The molecule has 13 heteroatoms. The average Bonchev–Trinajstić information content (AvgIpc) is 2.58. The predicted octanol–water partition coefficient (Wildman–Crippen LogP) is 3.65. The number of halogens is 5. The van der Waals surface area contributed by atoms with Crippen molar-refractivity contribution in [3.8, 4) is 5.75 Å². The third kappa shape index (κ3) is 3.13. The Labute approximate surface area is 139 Å². The molecule has 0 aliphatic rings. The van der Waals surface area contributed by atoms with Gasteiger partial charge in [-0.15, -0.1) is 0 Å². The molecule has 1 N–H and O–H groups in total. The summed E-state index contributed by atoms with van der Waals surface area (Å²) >= 11 is 0. The van der Waals surface area contributed by atoms with Crippen LogP contribution in [0.5, 0.6) is 5.75 Å². The van der Waals surface area contributed by atoms with E-state index in [4.69, 9.17) is 0 Å². The standard InChI is InChI=1S/C13H4F5N3O5/c14-7-8(15)10(17)12(11(18)9(7)16)19-3-4-1-5(20(23)24)2-6(13(4)22)21(25)26/h1-3,22H. The summed E-state index contributed by atoms with van der Waals surface area (Å²) in [5, 5.41) is 31.2. The summed E-state index contributed by atoms with van der Waals surface area (Å²) in [4.78, 5) is 22.2. The lowest BCUT2D eigenvalue weighted by Gasteiger charge is -2.04. The molecule has 8 nitrogen and oxygen atoms in total. The fourth-order valence-corrected chi connectivity index (χ4v) is 1.81. The maximum atomic E-state index is 13.5. The number of aromatic hydroxyl groups is 1. The molecular weight excluding hydrogens is 373 g/mol. The quantitative estimate of drug-likeness (QED) is 0.218. The van der Waals surface area contributed by atoms with Crippen LogP contribution in [-0.4, -0.2) is 21.2 Å². The minimum atomic E-state index is -2.42. The van der Waals surface area contributed by atoms with Crippen LogP contribution in [-0.2, 0) is 0 Å². The lowest BCUT2D eigenvalue weighted by molar-refractivity contribution is -0.394. The van der Waals surface area contributed by atoms with Crippen molar-refractivity contribution >= 4 is 23.3 Å². The van der Waals surface area contributed by atoms with Gasteiger partial charge in [-0.1, -0.05) is 0 Å². The molecule has 0 spiro atoms. The van der Waals surface area contributed by atoms with Crippen LogP contribution >= 0.6 is 0 Å². The summed E-state index contributed by atoms with van der Waals surface area (Å²) in [5.41, 5.74) is -4.41. The third-order valence-electron chi connectivity index (χ3n) is 3.03. The molecule has 0 unspecified atom stereocenters. The van der Waals surface area contributed by atoms with Gasteiger partial charge in [-0.25, -0.2) is 26.9 Å². The highest BCUT2D eigenvalue weighted by Crippen LogP contribution is 2.34. The molecule has 26 heavy (non-hydrogen) atoms. The van der Waals surface area contributed by atoms with Gasteiger partial charge in [0.15, 0.2) is 23.3 Å². The van der Waals surface area contributed by atoms with Gasteiger partial charge in [-0.3, -0.25) is 20.2 Å². The summed E-state index contributed by atoms with van der Waals surface area (Å²) in [6, 6.07) is 0.961. The minimum Gasteiger partial charge on any atom is -0.502 e. The molecule has 0 aromatic heterocycles. The Morgan fingerprint density at radius 3 is 1.85 bits per heavy atom. The second-order valence-electron chi connectivity index (χ2n) is 4.59. The molecule has 0 saturated heterocycles. The van der Waals surface area contributed by atoms with Crippen molar-refractivity contribution in [1.82, 2.24) is 0 Å². The fourth-order valence-electron chi connectivity index (χ4n) is 1.81. The van der Waals surface area contributed by atoms with Crippen molar-refractivity contribution in [3.63, 3.8) is 0 Å². The van der Waals surface area contributed by atoms with E-state index in [1.165, 1.54) is 0 Å². The maximum Gasteiger partial charge on any atom is 0.318 e. The Hall–Kier alpha value is -3.64. The summed E-state index contributed by atoms with van der Waals surface area (Å²) in [7, 11) is 0. The molecule has 0 radical (unpaired) electrons. The first-order chi connectivity index (χ1) is 12.1. The van der Waals surface area contributed by atoms with Crippen LogP contribution in [0.1, 0.15) is 5.56 Å². The zero-order valence-electron chi connectivity index (χ0n) is 12.0. The molecule has 2 aromatic carbocycles. The number of phenols is 1. The van der Waals surface area contributed by atoms with Gasteiger partial charge >= 0.3 is 5.69 Å². The van der Waals surface area contributed by atoms with Gasteiger partial charge in [-0.2, -0.15) is 0 Å². The predicted molar refractivity (Wildman–Crippen MR) is 74.9 cm³/mol. The van der Waals surface area contributed by atoms with Gasteiger partial charge in [0.1, 0.15) is 5.69 Å². The number of nitro benzene ring substituents is 2. The molecule has 0 aliphatic carbocycles. The van der Waals surface area contributed by atoms with Crippen molar-refractivity contribution in [1.29, 1.82) is 0 Å². The first-order valence-electron chi connectivity index (χ1n) is 6.27. The topological polar surface area (TPSA) is 119 Å². The van der Waals surface area contributed by atoms with E-state index in [1.807, 2.05) is 0 Å². The average molecular weight is 377 g/mol. The fraction of sp³-hybridized carbons (Fsp3) is 0. The zero-order valence-corrected chi connectivity index (χ0v) is 12.0. The third-order valence-corrected chi connectivity index (χ3v) is 3.03. The molecule has 0 aliphatic heterocycles. The molecule has 0 atom stereocenters. The Morgan fingerprint density at radius 1 is 0.885 bits per heavy atom. The Kier molecular flexibility index (Phi) is 4.82. The molecule has 136 valence electrons. The van der Waals surface area contributed by atoms with Crippen molar-refractivity contribution < 1.29 is 36.9 Å². The maximum absolute atomic E-state index is 13.5. The van der Waals surface area contributed by atoms with E-state index in [9.17, 15) is 47.3 Å². The number of benzene rings is 2. The largest absolute Gasteiger partial charge is 0.502 e. The number of rotatable bonds is 4. The van der Waals surface area contributed by atoms with Crippen LogP contribution in [0.15, 0.2) is 17.1 Å². The Bertz CT molecular complexity index is 950. The SMILES string of the molecule is O=[N+]([O-])c1cc(C=Nc2c(F)c(F)c(F)c(F)c2F)c(O)c([N+](=O)[O-])c1. The van der Waals surface area contributed by atoms with Gasteiger partial charge in [0.2, 0.25) is 11.6 Å². The molecule has 0 amide bonds. The molecule has 2 aromatic rings. The molecule has 0 heterocycles. The van der Waals surface area contributed by atoms with E-state index in [0.29, 0.717) is 12.1 Å². The normalized spacial score (nSPS) is 11.1. The number of non-ortho nitro benzene ring substituents is 1. The minimum absolute atomic E-state index is 0.285. The van der Waals surface area contributed by atoms with Crippen LogP contribution < -0.4 is 0 Å². The van der Waals surface area contributed by atoms with E-state index in [-0.39, 0.29) is 6.21 Å². The van der Waals surface area contributed by atoms with Crippen molar-refractivity contribution in [2.45, 2.75) is 0 Å². The highest BCUT2D eigenvalue weighted by molar-refractivity contribution is 5.88. The van der Waals surface area contributed by atoms with Crippen LogP contribution in [0.4, 0.5) is 39.0 Å². The number of nitro groups is 2. The molecular formula is C13H4F5N3O5. The molecule has 0 fully saturated rings. The van der Waals surface area contributed by atoms with E-state index in [2.05, 4.69) is 4.99 Å². The van der Waals surface area contributed by atoms with Crippen LogP contribution in [0.2, 0.25) is 0 Å². The first-order valence-corrected chi connectivity index (χ1v) is 6.27. The summed E-state index contributed by atoms with van der Waals surface area (Å²) in [5.74, 6) is -12.7. The number of hydrogen-bond donors (Lipinski definition) is 1. The van der Waals surface area contributed by atoms with Gasteiger partial charge in [-0.05, 0) is 0 Å². The van der Waals surface area contributed by atoms with Crippen molar-refractivity contribution in [2.75, 3.05) is 0 Å². The summed E-state index contributed by atoms with van der Waals surface area (Å²) < 4.78 is 66.1. The second kappa shape index (κ2) is 6.70. The van der Waals surface area contributed by atoms with Crippen LogP contribution in [0.3, 0.4) is 0 Å². The van der Waals surface area contributed by atoms with E-state index >= 15 is 0 Å². The lowest BCUT2D eigenvalue weighted by atomic mass is 10.1. The second-order valence-corrected chi connectivity index (χ2v) is 4.59. The van der Waals surface area contributed by atoms with Gasteiger partial charge in [0, 0.05) is 17.8 Å². The van der Waals surface area contributed by atoms with Gasteiger partial charge < -0.3 is 5.11 Å². The number of nitrogens with zero attached hydrogens (tertiary/aromatic N) is 3. The highest BCUT2D eigenvalue weighted by atomic mass is 19.2. The van der Waals surface area contributed by atoms with E-state index in [1.54, 1.807) is 0 Å². The zero-order chi connectivity index (χ0) is 19.8. The Morgan fingerprint density at radius 2 is 1.38 bits per heavy atom. The van der Waals surface area contributed by atoms with Gasteiger partial charge in [0.25, 0.3) is 5.69 Å². The Balaban J connectivity index is 2.66. The lowest BCUT2D eigenvalue weighted by Crippen LogP contribution is -2.01. The number of hydrogen-bond acceptors (Lipinski definition) is 6. The molecule has 0 saturated carbocycles. The van der Waals surface area contributed by atoms with Crippen LogP contribution in [0, 0.1) is 49.3 Å². The van der Waals surface area contributed by atoms with E-state index < -0.39 is 67.3 Å². The van der Waals surface area contributed by atoms with Crippen molar-refractivity contribution in [2.24, 2.45) is 4.99 Å². The monoisotopic (exact) mass is 377 g/mol. The van der Waals surface area contributed by atoms with Crippen LogP contribution in [0.25, 0.3) is 0 Å². The summed E-state index contributed by atoms with van der Waals surface area (Å²) in [6.45, 7) is 0. The van der Waals surface area contributed by atoms with E-state index in [0.717, 1.165) is 0 Å². The number of phenolic OH excluding ortho intramolecular Hbond substituents is 1. The molecule has 0 bridgehead atoms. The highest BCUT2D eigenvalue weighted by Gasteiger charge is 2.26. The first kappa shape index (κ1) is 18.7. The molecule has 2 rings (SSSR count). The van der Waals surface area contributed by atoms with Gasteiger partial charge in [0.05, 0.1) is 15.9 Å². The van der Waals surface area contributed by atoms with Crippen molar-refractivity contribution in [3.05, 3.63) is 67.0 Å². The summed E-state index contributed by atoms with van der Waals surface area (Å²) in [6.07, 6.45) is 0.285.